The van der Waals surface area contributed by atoms with Gasteiger partial charge in [-0.3, -0.25) is 4.79 Å². The van der Waals surface area contributed by atoms with Crippen molar-refractivity contribution in [2.45, 2.75) is 47.2 Å². The van der Waals surface area contributed by atoms with Crippen LogP contribution in [0, 0.1) is 19.8 Å². The van der Waals surface area contributed by atoms with Gasteiger partial charge in [-0.25, -0.2) is 15.0 Å². The Morgan fingerprint density at radius 1 is 1.27 bits per heavy atom. The van der Waals surface area contributed by atoms with Crippen molar-refractivity contribution in [2.75, 3.05) is 7.05 Å². The van der Waals surface area contributed by atoms with Crippen molar-refractivity contribution in [3.8, 4) is 0 Å². The van der Waals surface area contributed by atoms with Gasteiger partial charge in [-0.1, -0.05) is 13.8 Å². The number of thiazole rings is 1. The molecule has 0 N–H and O–H groups in total. The lowest BCUT2D eigenvalue weighted by Gasteiger charge is -2.24. The molecule has 0 spiro atoms. The Balaban J connectivity index is 1.86. The maximum atomic E-state index is 12.9. The van der Waals surface area contributed by atoms with E-state index in [0.717, 1.165) is 33.3 Å². The van der Waals surface area contributed by atoms with Crippen LogP contribution in [0.3, 0.4) is 0 Å². The van der Waals surface area contributed by atoms with Crippen LogP contribution in [0.1, 0.15) is 52.7 Å². The number of pyridine rings is 1. The molecule has 0 saturated heterocycles. The number of amides is 1. The monoisotopic (exact) mass is 371 g/mol. The van der Waals surface area contributed by atoms with Crippen LogP contribution in [0.4, 0.5) is 0 Å². The summed E-state index contributed by atoms with van der Waals surface area (Å²) in [6.45, 7) is 11.2. The Kier molecular flexibility index (Phi) is 5.09. The molecule has 0 aliphatic heterocycles. The molecule has 0 aliphatic rings. The van der Waals surface area contributed by atoms with E-state index in [9.17, 15) is 4.79 Å². The van der Waals surface area contributed by atoms with E-state index in [-0.39, 0.29) is 11.9 Å². The number of carbonyl (C=O) groups is 1. The van der Waals surface area contributed by atoms with Crippen molar-refractivity contribution in [3.05, 3.63) is 39.7 Å². The summed E-state index contributed by atoms with van der Waals surface area (Å²) in [6.07, 6.45) is 3.44. The highest BCUT2D eigenvalue weighted by atomic mass is 32.1. The zero-order chi connectivity index (χ0) is 19.0. The molecule has 3 heterocycles. The zero-order valence-corrected chi connectivity index (χ0v) is 17.0. The Morgan fingerprint density at radius 3 is 2.62 bits per heavy atom. The fourth-order valence-corrected chi connectivity index (χ4v) is 4.00. The second-order valence-corrected chi connectivity index (χ2v) is 8.53. The van der Waals surface area contributed by atoms with Crippen molar-refractivity contribution < 1.29 is 4.79 Å². The van der Waals surface area contributed by atoms with E-state index in [1.807, 2.05) is 38.5 Å². The smallest absolute Gasteiger partial charge is 0.255 e. The van der Waals surface area contributed by atoms with Crippen LogP contribution in [-0.2, 0) is 6.54 Å². The third-order valence-corrected chi connectivity index (χ3v) is 5.40. The highest BCUT2D eigenvalue weighted by Crippen LogP contribution is 2.27. The molecule has 26 heavy (non-hydrogen) atoms. The van der Waals surface area contributed by atoms with Gasteiger partial charge in [0.1, 0.15) is 5.52 Å². The number of carbonyl (C=O) groups excluding carboxylic acids is 1. The van der Waals surface area contributed by atoms with Crippen molar-refractivity contribution in [2.24, 2.45) is 5.92 Å². The van der Waals surface area contributed by atoms with Crippen molar-refractivity contribution in [1.29, 1.82) is 0 Å². The Labute approximate surface area is 157 Å². The summed E-state index contributed by atoms with van der Waals surface area (Å²) in [4.78, 5) is 29.3. The molecule has 0 aromatic carbocycles. The van der Waals surface area contributed by atoms with Gasteiger partial charge < -0.3 is 9.47 Å². The highest BCUT2D eigenvalue weighted by molar-refractivity contribution is 7.11. The molecule has 0 aliphatic carbocycles. The van der Waals surface area contributed by atoms with Gasteiger partial charge >= 0.3 is 0 Å². The van der Waals surface area contributed by atoms with Gasteiger partial charge in [-0.2, -0.15) is 0 Å². The SMILES string of the molecule is Cc1nc(C(C)N(C)C(=O)c2cnc3c(c2)ncn3CC(C)C)c(C)s1. The first-order chi connectivity index (χ1) is 12.3. The second-order valence-electron chi connectivity index (χ2n) is 7.12. The van der Waals surface area contributed by atoms with Crippen LogP contribution in [0.25, 0.3) is 11.2 Å². The zero-order valence-electron chi connectivity index (χ0n) is 16.1. The third kappa shape index (κ3) is 3.49. The van der Waals surface area contributed by atoms with Gasteiger partial charge in [0.2, 0.25) is 0 Å². The van der Waals surface area contributed by atoms with Crippen LogP contribution < -0.4 is 0 Å². The minimum Gasteiger partial charge on any atom is -0.333 e. The van der Waals surface area contributed by atoms with Crippen LogP contribution in [0.5, 0.6) is 0 Å². The number of hydrogen-bond acceptors (Lipinski definition) is 5. The lowest BCUT2D eigenvalue weighted by Crippen LogP contribution is -2.30. The summed E-state index contributed by atoms with van der Waals surface area (Å²) in [5.74, 6) is 0.433. The lowest BCUT2D eigenvalue weighted by atomic mass is 10.1. The fourth-order valence-electron chi connectivity index (χ4n) is 3.09. The minimum atomic E-state index is -0.0957. The van der Waals surface area contributed by atoms with E-state index in [0.29, 0.717) is 11.5 Å². The van der Waals surface area contributed by atoms with Gasteiger partial charge in [0.15, 0.2) is 5.65 Å². The van der Waals surface area contributed by atoms with E-state index in [1.165, 1.54) is 0 Å². The number of nitrogens with zero attached hydrogens (tertiary/aromatic N) is 5. The highest BCUT2D eigenvalue weighted by Gasteiger charge is 2.23. The van der Waals surface area contributed by atoms with Crippen LogP contribution >= 0.6 is 11.3 Å². The van der Waals surface area contributed by atoms with E-state index in [4.69, 9.17) is 0 Å². The van der Waals surface area contributed by atoms with Crippen molar-refractivity contribution in [1.82, 2.24) is 24.4 Å². The van der Waals surface area contributed by atoms with Gasteiger partial charge in [0, 0.05) is 24.7 Å². The number of hydrogen-bond donors (Lipinski definition) is 0. The average Bonchev–Trinajstić information content (AvgIpc) is 3.14. The molecule has 7 heteroatoms. The van der Waals surface area contributed by atoms with Gasteiger partial charge in [0.05, 0.1) is 28.6 Å². The molecule has 0 radical (unpaired) electrons. The predicted octanol–water partition coefficient (Wildman–Crippen LogP) is 3.99. The van der Waals surface area contributed by atoms with Gasteiger partial charge in [0.25, 0.3) is 5.91 Å². The van der Waals surface area contributed by atoms with Gasteiger partial charge in [-0.05, 0) is 32.8 Å². The standard InChI is InChI=1S/C19H25N5OS/c1-11(2)9-24-10-21-16-7-15(8-20-18(16)24)19(25)23(6)12(3)17-13(4)26-14(5)22-17/h7-8,10-12H,9H2,1-6H3. The van der Waals surface area contributed by atoms with E-state index in [1.54, 1.807) is 28.8 Å². The summed E-state index contributed by atoms with van der Waals surface area (Å²) >= 11 is 1.66. The topological polar surface area (TPSA) is 63.9 Å². The molecular weight excluding hydrogens is 346 g/mol. The van der Waals surface area contributed by atoms with Crippen LogP contribution in [0.15, 0.2) is 18.6 Å². The Bertz CT molecular complexity index is 943. The molecule has 138 valence electrons. The Morgan fingerprint density at radius 2 is 2.00 bits per heavy atom. The normalized spacial score (nSPS) is 12.7. The van der Waals surface area contributed by atoms with E-state index in [2.05, 4.69) is 28.8 Å². The van der Waals surface area contributed by atoms with Gasteiger partial charge in [-0.15, -0.1) is 11.3 Å². The summed E-state index contributed by atoms with van der Waals surface area (Å²) in [7, 11) is 1.81. The maximum absolute atomic E-state index is 12.9. The molecule has 3 rings (SSSR count). The number of imidazole rings is 1. The molecule has 3 aromatic rings. The molecule has 3 aromatic heterocycles. The minimum absolute atomic E-state index is 0.0737. The first-order valence-electron chi connectivity index (χ1n) is 8.80. The maximum Gasteiger partial charge on any atom is 0.255 e. The molecule has 1 unspecified atom stereocenters. The number of aromatic nitrogens is 4. The van der Waals surface area contributed by atoms with Crippen molar-refractivity contribution >= 4 is 28.4 Å². The average molecular weight is 372 g/mol. The first kappa shape index (κ1) is 18.5. The van der Waals surface area contributed by atoms with Crippen LogP contribution in [-0.4, -0.2) is 37.4 Å². The lowest BCUT2D eigenvalue weighted by molar-refractivity contribution is 0.0739. The number of rotatable bonds is 5. The van der Waals surface area contributed by atoms with Crippen LogP contribution in [0.2, 0.25) is 0 Å². The quantitative estimate of drug-likeness (QED) is 0.680. The fraction of sp³-hybridized carbons (Fsp3) is 0.474. The molecule has 1 atom stereocenters. The Hall–Kier alpha value is -2.28. The summed E-state index contributed by atoms with van der Waals surface area (Å²) in [5, 5.41) is 1.02. The predicted molar refractivity (Wildman–Crippen MR) is 104 cm³/mol. The molecule has 6 nitrogen and oxygen atoms in total. The number of aryl methyl sites for hydroxylation is 2. The first-order valence-corrected chi connectivity index (χ1v) is 9.61. The third-order valence-electron chi connectivity index (χ3n) is 4.50. The van der Waals surface area contributed by atoms with E-state index < -0.39 is 0 Å². The molecule has 1 amide bonds. The molecule has 0 bridgehead atoms. The number of fused-ring (bicyclic) bond motifs is 1. The molecule has 0 saturated carbocycles. The second kappa shape index (κ2) is 7.15. The summed E-state index contributed by atoms with van der Waals surface area (Å²) in [5.41, 5.74) is 3.07. The van der Waals surface area contributed by atoms with Crippen molar-refractivity contribution in [3.63, 3.8) is 0 Å². The summed E-state index contributed by atoms with van der Waals surface area (Å²) in [6, 6.07) is 1.73. The summed E-state index contributed by atoms with van der Waals surface area (Å²) < 4.78 is 2.03. The largest absolute Gasteiger partial charge is 0.333 e. The van der Waals surface area contributed by atoms with E-state index >= 15 is 0 Å². The molecule has 0 fully saturated rings. The molecular formula is C19H25N5OS.